The number of carbonyl (C=O) groups is 1. The van der Waals surface area contributed by atoms with Crippen molar-refractivity contribution >= 4 is 5.78 Å². The predicted molar refractivity (Wildman–Crippen MR) is 70.4 cm³/mol. The molecule has 0 spiro atoms. The van der Waals surface area contributed by atoms with Crippen molar-refractivity contribution in [1.82, 2.24) is 0 Å². The lowest BCUT2D eigenvalue weighted by Crippen LogP contribution is -1.92. The lowest BCUT2D eigenvalue weighted by molar-refractivity contribution is 0.101. The highest BCUT2D eigenvalue weighted by Crippen LogP contribution is 2.27. The van der Waals surface area contributed by atoms with E-state index in [1.807, 2.05) is 24.3 Å². The highest BCUT2D eigenvalue weighted by molar-refractivity contribution is 5.95. The quantitative estimate of drug-likeness (QED) is 0.747. The summed E-state index contributed by atoms with van der Waals surface area (Å²) in [6, 6.07) is 14.1. The van der Waals surface area contributed by atoms with Crippen molar-refractivity contribution < 1.29 is 9.53 Å². The molecule has 90 valence electrons. The second kappa shape index (κ2) is 4.39. The lowest BCUT2D eigenvalue weighted by Gasteiger charge is -2.05. The maximum atomic E-state index is 11.4. The van der Waals surface area contributed by atoms with E-state index in [4.69, 9.17) is 4.74 Å². The smallest absolute Gasteiger partial charge is 0.159 e. The summed E-state index contributed by atoms with van der Waals surface area (Å²) >= 11 is 0. The first-order valence-corrected chi connectivity index (χ1v) is 6.05. The summed E-state index contributed by atoms with van der Waals surface area (Å²) in [6.45, 7) is 2.99. The molecule has 2 aromatic carbocycles. The largest absolute Gasteiger partial charge is 0.372 e. The van der Waals surface area contributed by atoms with Gasteiger partial charge in [-0.3, -0.25) is 4.79 Å². The molecule has 0 saturated heterocycles. The van der Waals surface area contributed by atoms with Crippen molar-refractivity contribution in [3.05, 3.63) is 59.2 Å². The van der Waals surface area contributed by atoms with Crippen LogP contribution in [-0.4, -0.2) is 5.78 Å². The number of hydrogen-bond donors (Lipinski definition) is 0. The second-order valence-corrected chi connectivity index (χ2v) is 4.61. The highest BCUT2D eigenvalue weighted by atomic mass is 16.5. The molecule has 0 N–H and O–H groups in total. The van der Waals surface area contributed by atoms with Gasteiger partial charge in [-0.25, -0.2) is 0 Å². The van der Waals surface area contributed by atoms with E-state index in [1.165, 1.54) is 11.1 Å². The fraction of sp³-hybridized carbons (Fsp3) is 0.188. The van der Waals surface area contributed by atoms with Gasteiger partial charge in [0.1, 0.15) is 0 Å². The Morgan fingerprint density at radius 3 is 2.61 bits per heavy atom. The normalized spacial score (nSPS) is 13.4. The van der Waals surface area contributed by atoms with Crippen molar-refractivity contribution in [1.29, 1.82) is 0 Å². The molecule has 0 aromatic heterocycles. The van der Waals surface area contributed by atoms with Gasteiger partial charge in [-0.2, -0.15) is 0 Å². The summed E-state index contributed by atoms with van der Waals surface area (Å²) in [7, 11) is 0. The van der Waals surface area contributed by atoms with E-state index in [0.717, 1.165) is 16.7 Å². The van der Waals surface area contributed by atoms with Crippen LogP contribution in [0.3, 0.4) is 0 Å². The minimum Gasteiger partial charge on any atom is -0.372 e. The fourth-order valence-electron chi connectivity index (χ4n) is 2.27. The summed E-state index contributed by atoms with van der Waals surface area (Å²) in [4.78, 5) is 11.4. The molecule has 0 saturated carbocycles. The Balaban J connectivity index is 2.04. The van der Waals surface area contributed by atoms with Crippen LogP contribution in [0.5, 0.6) is 0 Å². The Bertz CT molecular complexity index is 614. The van der Waals surface area contributed by atoms with Crippen molar-refractivity contribution in [2.24, 2.45) is 0 Å². The first-order chi connectivity index (χ1) is 8.74. The number of ether oxygens (including phenoxy) is 1. The minimum absolute atomic E-state index is 0.0985. The van der Waals surface area contributed by atoms with Crippen LogP contribution < -0.4 is 0 Å². The number of rotatable bonds is 2. The average molecular weight is 238 g/mol. The molecule has 0 bridgehead atoms. The van der Waals surface area contributed by atoms with Crippen molar-refractivity contribution in [3.8, 4) is 11.1 Å². The average Bonchev–Trinajstić information content (AvgIpc) is 2.86. The van der Waals surface area contributed by atoms with Crippen LogP contribution in [0.4, 0.5) is 0 Å². The molecule has 1 aliphatic heterocycles. The second-order valence-electron chi connectivity index (χ2n) is 4.61. The van der Waals surface area contributed by atoms with Gasteiger partial charge in [-0.05, 0) is 41.3 Å². The molecule has 0 aliphatic carbocycles. The first kappa shape index (κ1) is 11.2. The van der Waals surface area contributed by atoms with Gasteiger partial charge in [0.15, 0.2) is 5.78 Å². The van der Waals surface area contributed by atoms with E-state index in [1.54, 1.807) is 6.92 Å². The standard InChI is InChI=1S/C16H14O2/c1-11(17)12-3-2-4-13(7-12)14-5-6-15-9-18-10-16(15)8-14/h2-8H,9-10H2,1H3. The highest BCUT2D eigenvalue weighted by Gasteiger charge is 2.12. The molecule has 1 aliphatic rings. The fourth-order valence-corrected chi connectivity index (χ4v) is 2.27. The molecular weight excluding hydrogens is 224 g/mol. The van der Waals surface area contributed by atoms with Gasteiger partial charge in [-0.15, -0.1) is 0 Å². The van der Waals surface area contributed by atoms with E-state index >= 15 is 0 Å². The molecule has 0 atom stereocenters. The Morgan fingerprint density at radius 1 is 1.00 bits per heavy atom. The predicted octanol–water partition coefficient (Wildman–Crippen LogP) is 3.59. The lowest BCUT2D eigenvalue weighted by atomic mass is 9.98. The minimum atomic E-state index is 0.0985. The van der Waals surface area contributed by atoms with E-state index in [-0.39, 0.29) is 5.78 Å². The molecule has 2 aromatic rings. The Morgan fingerprint density at radius 2 is 1.78 bits per heavy atom. The Labute approximate surface area is 106 Å². The molecule has 18 heavy (non-hydrogen) atoms. The number of fused-ring (bicyclic) bond motifs is 1. The molecule has 1 heterocycles. The number of carbonyl (C=O) groups excluding carboxylic acids is 1. The topological polar surface area (TPSA) is 26.3 Å². The van der Waals surface area contributed by atoms with Crippen molar-refractivity contribution in [2.45, 2.75) is 20.1 Å². The number of benzene rings is 2. The van der Waals surface area contributed by atoms with E-state index in [0.29, 0.717) is 13.2 Å². The van der Waals surface area contributed by atoms with Crippen LogP contribution in [0.1, 0.15) is 28.4 Å². The molecule has 2 nitrogen and oxygen atoms in total. The Hall–Kier alpha value is -1.93. The molecule has 2 heteroatoms. The maximum absolute atomic E-state index is 11.4. The monoisotopic (exact) mass is 238 g/mol. The number of ketones is 1. The summed E-state index contributed by atoms with van der Waals surface area (Å²) < 4.78 is 5.41. The van der Waals surface area contributed by atoms with Crippen LogP contribution in [0.25, 0.3) is 11.1 Å². The van der Waals surface area contributed by atoms with Gasteiger partial charge >= 0.3 is 0 Å². The van der Waals surface area contributed by atoms with Crippen molar-refractivity contribution in [3.63, 3.8) is 0 Å². The summed E-state index contributed by atoms with van der Waals surface area (Å²) in [5, 5.41) is 0. The zero-order valence-corrected chi connectivity index (χ0v) is 10.3. The van der Waals surface area contributed by atoms with Gasteiger partial charge in [0.2, 0.25) is 0 Å². The van der Waals surface area contributed by atoms with Crippen LogP contribution in [-0.2, 0) is 18.0 Å². The van der Waals surface area contributed by atoms with Crippen molar-refractivity contribution in [2.75, 3.05) is 0 Å². The summed E-state index contributed by atoms with van der Waals surface area (Å²) in [5.41, 5.74) is 5.49. The van der Waals surface area contributed by atoms with Crippen LogP contribution in [0.2, 0.25) is 0 Å². The Kier molecular flexibility index (Phi) is 2.73. The third-order valence-electron chi connectivity index (χ3n) is 3.32. The van der Waals surface area contributed by atoms with E-state index in [9.17, 15) is 4.79 Å². The van der Waals surface area contributed by atoms with Gasteiger partial charge < -0.3 is 4.74 Å². The molecule has 0 unspecified atom stereocenters. The third-order valence-corrected chi connectivity index (χ3v) is 3.32. The van der Waals surface area contributed by atoms with Crippen LogP contribution in [0.15, 0.2) is 42.5 Å². The molecule has 0 amide bonds. The zero-order valence-electron chi connectivity index (χ0n) is 10.3. The van der Waals surface area contributed by atoms with Gasteiger partial charge in [0, 0.05) is 5.56 Å². The molecule has 3 rings (SSSR count). The van der Waals surface area contributed by atoms with E-state index < -0.39 is 0 Å². The van der Waals surface area contributed by atoms with Gasteiger partial charge in [0.05, 0.1) is 13.2 Å². The zero-order chi connectivity index (χ0) is 12.5. The SMILES string of the molecule is CC(=O)c1cccc(-c2ccc3c(c2)COC3)c1. The molecule has 0 fully saturated rings. The molecule has 0 radical (unpaired) electrons. The number of Topliss-reactive ketones (excluding diaryl/α,β-unsaturated/α-hetero) is 1. The number of hydrogen-bond acceptors (Lipinski definition) is 2. The third kappa shape index (κ3) is 1.95. The summed E-state index contributed by atoms with van der Waals surface area (Å²) in [5.74, 6) is 0.0985. The first-order valence-electron chi connectivity index (χ1n) is 6.05. The van der Waals surface area contributed by atoms with E-state index in [2.05, 4.69) is 18.2 Å². The maximum Gasteiger partial charge on any atom is 0.159 e. The summed E-state index contributed by atoms with van der Waals surface area (Å²) in [6.07, 6.45) is 0. The van der Waals surface area contributed by atoms with Crippen LogP contribution in [0, 0.1) is 0 Å². The van der Waals surface area contributed by atoms with Gasteiger partial charge in [0.25, 0.3) is 0 Å². The van der Waals surface area contributed by atoms with Gasteiger partial charge in [-0.1, -0.05) is 30.3 Å². The van der Waals surface area contributed by atoms with Crippen LogP contribution >= 0.6 is 0 Å². The molecular formula is C16H14O2.